The van der Waals surface area contributed by atoms with Crippen molar-refractivity contribution in [2.75, 3.05) is 13.7 Å². The van der Waals surface area contributed by atoms with Gasteiger partial charge < -0.3 is 19.6 Å². The largest absolute Gasteiger partial charge is 0.493 e. The number of aromatic nitrogens is 2. The summed E-state index contributed by atoms with van der Waals surface area (Å²) >= 11 is 6.22. The highest BCUT2D eigenvalue weighted by molar-refractivity contribution is 6.30. The van der Waals surface area contributed by atoms with Gasteiger partial charge in [0.2, 0.25) is 11.6 Å². The van der Waals surface area contributed by atoms with Gasteiger partial charge in [0.25, 0.3) is 0 Å². The zero-order chi connectivity index (χ0) is 24.0. The van der Waals surface area contributed by atoms with E-state index in [1.807, 2.05) is 0 Å². The Hall–Kier alpha value is -2.49. The van der Waals surface area contributed by atoms with Gasteiger partial charge in [-0.2, -0.15) is 13.2 Å². The zero-order valence-corrected chi connectivity index (χ0v) is 19.2. The molecular formula is C23H25ClF3N3O3. The summed E-state index contributed by atoms with van der Waals surface area (Å²) in [6.07, 6.45) is -3.39. The normalized spacial score (nSPS) is 15.9. The number of H-pyrrole nitrogens is 1. The SMILES string of the molecule is COc1cc2cc(CNC(O)(CC(C)(C)c3cc(Cl)cc4c3OCC4)C(F)(F)F)[nH]c2cn1. The number of hydrogen-bond donors (Lipinski definition) is 3. The quantitative estimate of drug-likeness (QED) is 0.418. The molecule has 3 aromatic rings. The predicted molar refractivity (Wildman–Crippen MR) is 119 cm³/mol. The Morgan fingerprint density at radius 3 is 2.70 bits per heavy atom. The zero-order valence-electron chi connectivity index (χ0n) is 18.4. The standard InChI is InChI=1S/C23H25ClF3N3O3/c1-21(2,17-9-15(24)6-13-4-5-33-20(13)17)12-22(31,23(25,26)27)29-10-16-7-14-8-19(32-3)28-11-18(14)30-16/h6-9,11,29-31H,4-5,10,12H2,1-3H3. The fourth-order valence-electron chi connectivity index (χ4n) is 4.29. The maximum Gasteiger partial charge on any atom is 0.431 e. The van der Waals surface area contributed by atoms with Crippen LogP contribution in [0.3, 0.4) is 0 Å². The van der Waals surface area contributed by atoms with E-state index in [1.54, 1.807) is 38.1 Å². The molecular weight excluding hydrogens is 459 g/mol. The molecule has 2 aromatic heterocycles. The van der Waals surface area contributed by atoms with Gasteiger partial charge in [-0.05, 0) is 29.2 Å². The second-order valence-corrected chi connectivity index (χ2v) is 9.36. The molecule has 33 heavy (non-hydrogen) atoms. The maximum atomic E-state index is 14.1. The van der Waals surface area contributed by atoms with Crippen LogP contribution >= 0.6 is 11.6 Å². The second-order valence-electron chi connectivity index (χ2n) is 8.92. The lowest BCUT2D eigenvalue weighted by molar-refractivity contribution is -0.280. The van der Waals surface area contributed by atoms with Crippen molar-refractivity contribution >= 4 is 22.5 Å². The van der Waals surface area contributed by atoms with E-state index in [4.69, 9.17) is 21.1 Å². The first kappa shape index (κ1) is 23.7. The number of methoxy groups -OCH3 is 1. The summed E-state index contributed by atoms with van der Waals surface area (Å²) in [4.78, 5) is 7.09. The van der Waals surface area contributed by atoms with E-state index in [2.05, 4.69) is 15.3 Å². The number of hydrogen-bond acceptors (Lipinski definition) is 5. The van der Waals surface area contributed by atoms with Crippen LogP contribution in [0.4, 0.5) is 13.2 Å². The summed E-state index contributed by atoms with van der Waals surface area (Å²) in [6.45, 7) is 3.48. The first-order valence-corrected chi connectivity index (χ1v) is 10.8. The molecule has 178 valence electrons. The van der Waals surface area contributed by atoms with Crippen LogP contribution in [-0.2, 0) is 18.4 Å². The average Bonchev–Trinajstić information content (AvgIpc) is 3.36. The molecule has 0 spiro atoms. The molecule has 0 saturated heterocycles. The van der Waals surface area contributed by atoms with Crippen LogP contribution in [0.15, 0.2) is 30.5 Å². The van der Waals surface area contributed by atoms with Gasteiger partial charge in [-0.25, -0.2) is 4.98 Å². The van der Waals surface area contributed by atoms with Crippen molar-refractivity contribution in [1.82, 2.24) is 15.3 Å². The molecule has 1 aliphatic heterocycles. The van der Waals surface area contributed by atoms with E-state index < -0.39 is 23.7 Å². The molecule has 1 atom stereocenters. The van der Waals surface area contributed by atoms with E-state index >= 15 is 0 Å². The number of benzene rings is 1. The highest BCUT2D eigenvalue weighted by Gasteiger charge is 2.56. The lowest BCUT2D eigenvalue weighted by Gasteiger charge is -2.38. The van der Waals surface area contributed by atoms with Crippen molar-refractivity contribution in [3.63, 3.8) is 0 Å². The molecule has 4 rings (SSSR count). The number of aliphatic hydroxyl groups is 1. The van der Waals surface area contributed by atoms with Crippen molar-refractivity contribution in [2.45, 2.75) is 50.6 Å². The van der Waals surface area contributed by atoms with Gasteiger partial charge in [-0.1, -0.05) is 25.4 Å². The lowest BCUT2D eigenvalue weighted by atomic mass is 9.76. The molecule has 0 amide bonds. The van der Waals surface area contributed by atoms with Crippen LogP contribution < -0.4 is 14.8 Å². The number of halogens is 4. The van der Waals surface area contributed by atoms with Gasteiger partial charge in [0.1, 0.15) is 5.75 Å². The fourth-order valence-corrected chi connectivity index (χ4v) is 4.53. The number of alkyl halides is 3. The van der Waals surface area contributed by atoms with Crippen molar-refractivity contribution in [1.29, 1.82) is 0 Å². The van der Waals surface area contributed by atoms with Crippen molar-refractivity contribution in [3.8, 4) is 11.6 Å². The molecule has 0 aliphatic carbocycles. The van der Waals surface area contributed by atoms with Gasteiger partial charge in [0, 0.05) is 47.1 Å². The summed E-state index contributed by atoms with van der Waals surface area (Å²) in [6, 6.07) is 6.73. The van der Waals surface area contributed by atoms with E-state index in [-0.39, 0.29) is 6.54 Å². The highest BCUT2D eigenvalue weighted by Crippen LogP contribution is 2.45. The Kier molecular flexibility index (Phi) is 6.01. The van der Waals surface area contributed by atoms with Crippen molar-refractivity contribution in [2.24, 2.45) is 0 Å². The van der Waals surface area contributed by atoms with Crippen LogP contribution in [0.5, 0.6) is 11.6 Å². The van der Waals surface area contributed by atoms with Gasteiger partial charge in [0.15, 0.2) is 0 Å². The predicted octanol–water partition coefficient (Wildman–Crippen LogP) is 4.87. The van der Waals surface area contributed by atoms with E-state index in [1.165, 1.54) is 13.3 Å². The molecule has 3 heterocycles. The molecule has 0 saturated carbocycles. The van der Waals surface area contributed by atoms with Crippen molar-refractivity contribution in [3.05, 3.63) is 52.3 Å². The first-order valence-electron chi connectivity index (χ1n) is 10.4. The summed E-state index contributed by atoms with van der Waals surface area (Å²) in [5, 5.41) is 14.3. The van der Waals surface area contributed by atoms with Gasteiger partial charge in [-0.3, -0.25) is 5.32 Å². The van der Waals surface area contributed by atoms with Crippen LogP contribution in [0.25, 0.3) is 10.9 Å². The minimum atomic E-state index is -4.93. The van der Waals surface area contributed by atoms with Gasteiger partial charge >= 0.3 is 6.18 Å². The summed E-state index contributed by atoms with van der Waals surface area (Å²) in [5.41, 5.74) is -1.75. The lowest BCUT2D eigenvalue weighted by Crippen LogP contribution is -2.59. The third kappa shape index (κ3) is 4.62. The second kappa shape index (κ2) is 8.38. The number of ether oxygens (including phenoxy) is 2. The van der Waals surface area contributed by atoms with E-state index in [0.717, 1.165) is 10.9 Å². The third-order valence-corrected chi connectivity index (χ3v) is 6.18. The molecule has 0 radical (unpaired) electrons. The average molecular weight is 484 g/mol. The Balaban J connectivity index is 1.60. The number of pyridine rings is 1. The molecule has 1 unspecified atom stereocenters. The minimum Gasteiger partial charge on any atom is -0.493 e. The molecule has 0 bridgehead atoms. The molecule has 10 heteroatoms. The minimum absolute atomic E-state index is 0.243. The highest BCUT2D eigenvalue weighted by atomic mass is 35.5. The first-order chi connectivity index (χ1) is 15.4. The molecule has 3 N–H and O–H groups in total. The molecule has 1 aromatic carbocycles. The number of nitrogens with zero attached hydrogens (tertiary/aromatic N) is 1. The van der Waals surface area contributed by atoms with Gasteiger partial charge in [-0.15, -0.1) is 0 Å². The summed E-state index contributed by atoms with van der Waals surface area (Å²) in [7, 11) is 1.48. The molecule has 0 fully saturated rings. The van der Waals surface area contributed by atoms with Crippen LogP contribution in [0.1, 0.15) is 37.1 Å². The smallest absolute Gasteiger partial charge is 0.431 e. The Morgan fingerprint density at radius 2 is 2.00 bits per heavy atom. The summed E-state index contributed by atoms with van der Waals surface area (Å²) < 4.78 is 53.1. The van der Waals surface area contributed by atoms with Gasteiger partial charge in [0.05, 0.1) is 25.4 Å². The number of fused-ring (bicyclic) bond motifs is 2. The fraction of sp³-hybridized carbons (Fsp3) is 0.435. The van der Waals surface area contributed by atoms with Crippen LogP contribution in [0, 0.1) is 0 Å². The monoisotopic (exact) mass is 483 g/mol. The van der Waals surface area contributed by atoms with E-state index in [0.29, 0.717) is 46.5 Å². The molecule has 6 nitrogen and oxygen atoms in total. The van der Waals surface area contributed by atoms with Crippen molar-refractivity contribution < 1.29 is 27.8 Å². The Morgan fingerprint density at radius 1 is 1.24 bits per heavy atom. The maximum absolute atomic E-state index is 14.1. The third-order valence-electron chi connectivity index (χ3n) is 5.96. The Bertz CT molecular complexity index is 1180. The number of rotatable bonds is 7. The Labute approximate surface area is 194 Å². The molecule has 1 aliphatic rings. The van der Waals surface area contributed by atoms with Crippen LogP contribution in [0.2, 0.25) is 5.02 Å². The van der Waals surface area contributed by atoms with Crippen LogP contribution in [-0.4, -0.2) is 40.7 Å². The number of aromatic amines is 1. The van der Waals surface area contributed by atoms with E-state index in [9.17, 15) is 18.3 Å². The number of nitrogens with one attached hydrogen (secondary N) is 2. The summed E-state index contributed by atoms with van der Waals surface area (Å²) in [5.74, 6) is 0.941. The topological polar surface area (TPSA) is 79.4 Å².